The first kappa shape index (κ1) is 13.0. The van der Waals surface area contributed by atoms with E-state index in [4.69, 9.17) is 0 Å². The van der Waals surface area contributed by atoms with Crippen LogP contribution < -0.4 is 16.0 Å². The van der Waals surface area contributed by atoms with Crippen molar-refractivity contribution in [1.82, 2.24) is 20.8 Å². The molecule has 0 bridgehead atoms. The second-order valence-corrected chi connectivity index (χ2v) is 5.20. The van der Waals surface area contributed by atoms with Crippen LogP contribution in [-0.2, 0) is 4.79 Å². The molecule has 1 aromatic rings. The first-order chi connectivity index (χ1) is 8.50. The molecule has 100 valence electrons. The van der Waals surface area contributed by atoms with Crippen molar-refractivity contribution in [2.45, 2.75) is 32.7 Å². The second kappa shape index (κ2) is 5.07. The number of H-pyrrole nitrogens is 1. The minimum atomic E-state index is -0.0317. The quantitative estimate of drug-likeness (QED) is 0.620. The summed E-state index contributed by atoms with van der Waals surface area (Å²) in [5.41, 5.74) is 2.51. The predicted octanol–water partition coefficient (Wildman–Crippen LogP) is 0.307. The molecule has 6 nitrogen and oxygen atoms in total. The summed E-state index contributed by atoms with van der Waals surface area (Å²) in [5, 5.41) is 16.4. The van der Waals surface area contributed by atoms with E-state index < -0.39 is 0 Å². The van der Waals surface area contributed by atoms with Crippen molar-refractivity contribution in [3.05, 3.63) is 11.4 Å². The lowest BCUT2D eigenvalue weighted by molar-refractivity contribution is -0.115. The minimum Gasteiger partial charge on any atom is -0.322 e. The Bertz CT molecular complexity index is 414. The molecule has 0 radical (unpaired) electrons. The van der Waals surface area contributed by atoms with Gasteiger partial charge in [-0.2, -0.15) is 5.10 Å². The number of rotatable bonds is 4. The van der Waals surface area contributed by atoms with Crippen LogP contribution in [0.15, 0.2) is 0 Å². The van der Waals surface area contributed by atoms with Crippen molar-refractivity contribution in [2.75, 3.05) is 25.0 Å². The van der Waals surface area contributed by atoms with Gasteiger partial charge in [0.1, 0.15) is 0 Å². The minimum absolute atomic E-state index is 0.0256. The number of carbonyl (C=O) groups is 1. The summed E-state index contributed by atoms with van der Waals surface area (Å²) in [4.78, 5) is 11.9. The smallest absolute Gasteiger partial charge is 0.238 e. The first-order valence-electron chi connectivity index (χ1n) is 6.27. The van der Waals surface area contributed by atoms with E-state index in [1.807, 2.05) is 13.8 Å². The van der Waals surface area contributed by atoms with Crippen LogP contribution in [0.3, 0.4) is 0 Å². The molecule has 0 spiro atoms. The molecule has 2 heterocycles. The molecule has 1 fully saturated rings. The van der Waals surface area contributed by atoms with Crippen molar-refractivity contribution >= 4 is 11.6 Å². The zero-order valence-electron chi connectivity index (χ0n) is 11.2. The molecule has 1 aromatic heterocycles. The predicted molar refractivity (Wildman–Crippen MR) is 70.6 cm³/mol. The van der Waals surface area contributed by atoms with Gasteiger partial charge in [-0.05, 0) is 33.7 Å². The van der Waals surface area contributed by atoms with Crippen molar-refractivity contribution in [3.63, 3.8) is 0 Å². The van der Waals surface area contributed by atoms with E-state index in [0.29, 0.717) is 6.54 Å². The largest absolute Gasteiger partial charge is 0.322 e. The summed E-state index contributed by atoms with van der Waals surface area (Å²) >= 11 is 0. The van der Waals surface area contributed by atoms with Crippen LogP contribution in [0.2, 0.25) is 0 Å². The van der Waals surface area contributed by atoms with E-state index in [2.05, 4.69) is 33.1 Å². The maximum absolute atomic E-state index is 11.9. The van der Waals surface area contributed by atoms with Gasteiger partial charge in [0.25, 0.3) is 0 Å². The summed E-state index contributed by atoms with van der Waals surface area (Å²) in [6.45, 7) is 8.13. The normalized spacial score (nSPS) is 23.3. The number of nitrogens with zero attached hydrogens (tertiary/aromatic N) is 1. The molecule has 2 rings (SSSR count). The fourth-order valence-corrected chi connectivity index (χ4v) is 2.18. The molecule has 1 atom stereocenters. The Hall–Kier alpha value is -1.40. The van der Waals surface area contributed by atoms with E-state index in [0.717, 1.165) is 36.6 Å². The number of hydrogen-bond acceptors (Lipinski definition) is 4. The zero-order valence-corrected chi connectivity index (χ0v) is 11.2. The van der Waals surface area contributed by atoms with Crippen molar-refractivity contribution in [3.8, 4) is 0 Å². The fraction of sp³-hybridized carbons (Fsp3) is 0.667. The van der Waals surface area contributed by atoms with Gasteiger partial charge in [-0.3, -0.25) is 9.89 Å². The number of nitrogens with one attached hydrogen (secondary N) is 4. The van der Waals surface area contributed by atoms with Crippen LogP contribution in [0.25, 0.3) is 0 Å². The van der Waals surface area contributed by atoms with Gasteiger partial charge < -0.3 is 16.0 Å². The van der Waals surface area contributed by atoms with Gasteiger partial charge in [0, 0.05) is 12.1 Å². The standard InChI is InChI=1S/C12H21N5O/c1-8-11(9(2)17-16-8)15-10(18)6-14-12(3)4-5-13-7-12/h13-14H,4-7H2,1-3H3,(H,15,18)(H,16,17). The highest BCUT2D eigenvalue weighted by Crippen LogP contribution is 2.16. The number of amides is 1. The summed E-state index contributed by atoms with van der Waals surface area (Å²) in [6.07, 6.45) is 1.05. The molecule has 6 heteroatoms. The van der Waals surface area contributed by atoms with Gasteiger partial charge >= 0.3 is 0 Å². The van der Waals surface area contributed by atoms with Gasteiger partial charge in [-0.1, -0.05) is 0 Å². The third kappa shape index (κ3) is 2.88. The molecular formula is C12H21N5O. The zero-order chi connectivity index (χ0) is 13.2. The third-order valence-corrected chi connectivity index (χ3v) is 3.44. The second-order valence-electron chi connectivity index (χ2n) is 5.20. The monoisotopic (exact) mass is 251 g/mol. The molecule has 1 saturated heterocycles. The number of aromatic amines is 1. The average molecular weight is 251 g/mol. The highest BCUT2D eigenvalue weighted by atomic mass is 16.1. The lowest BCUT2D eigenvalue weighted by Crippen LogP contribution is -2.47. The molecule has 1 aliphatic rings. The van der Waals surface area contributed by atoms with E-state index in [9.17, 15) is 4.79 Å². The Labute approximate surface area is 107 Å². The maximum atomic E-state index is 11.9. The number of anilines is 1. The van der Waals surface area contributed by atoms with Crippen LogP contribution in [-0.4, -0.2) is 41.3 Å². The van der Waals surface area contributed by atoms with Gasteiger partial charge in [-0.15, -0.1) is 0 Å². The topological polar surface area (TPSA) is 81.8 Å². The molecule has 18 heavy (non-hydrogen) atoms. The van der Waals surface area contributed by atoms with E-state index in [-0.39, 0.29) is 11.4 Å². The van der Waals surface area contributed by atoms with Crippen LogP contribution in [0.4, 0.5) is 5.69 Å². The van der Waals surface area contributed by atoms with Gasteiger partial charge in [0.15, 0.2) is 0 Å². The lowest BCUT2D eigenvalue weighted by Gasteiger charge is -2.24. The Morgan fingerprint density at radius 2 is 2.28 bits per heavy atom. The average Bonchev–Trinajstić information content (AvgIpc) is 2.89. The molecule has 0 aliphatic carbocycles. The highest BCUT2D eigenvalue weighted by molar-refractivity contribution is 5.93. The molecule has 1 aliphatic heterocycles. The van der Waals surface area contributed by atoms with Crippen LogP contribution in [0.5, 0.6) is 0 Å². The SMILES string of the molecule is Cc1n[nH]c(C)c1NC(=O)CNC1(C)CCNC1. The maximum Gasteiger partial charge on any atom is 0.238 e. The van der Waals surface area contributed by atoms with Crippen molar-refractivity contribution in [2.24, 2.45) is 0 Å². The molecule has 0 aromatic carbocycles. The summed E-state index contributed by atoms with van der Waals surface area (Å²) in [5.74, 6) is -0.0317. The summed E-state index contributed by atoms with van der Waals surface area (Å²) in [6, 6.07) is 0. The highest BCUT2D eigenvalue weighted by Gasteiger charge is 2.28. The molecule has 1 unspecified atom stereocenters. The molecule has 1 amide bonds. The van der Waals surface area contributed by atoms with Gasteiger partial charge in [-0.25, -0.2) is 0 Å². The molecule has 4 N–H and O–H groups in total. The fourth-order valence-electron chi connectivity index (χ4n) is 2.18. The Morgan fingerprint density at radius 1 is 1.50 bits per heavy atom. The Morgan fingerprint density at radius 3 is 2.83 bits per heavy atom. The van der Waals surface area contributed by atoms with E-state index in [1.165, 1.54) is 0 Å². The van der Waals surface area contributed by atoms with E-state index in [1.54, 1.807) is 0 Å². The van der Waals surface area contributed by atoms with Crippen molar-refractivity contribution < 1.29 is 4.79 Å². The van der Waals surface area contributed by atoms with Crippen LogP contribution >= 0.6 is 0 Å². The lowest BCUT2D eigenvalue weighted by atomic mass is 10.0. The Balaban J connectivity index is 1.86. The van der Waals surface area contributed by atoms with Crippen molar-refractivity contribution in [1.29, 1.82) is 0 Å². The van der Waals surface area contributed by atoms with E-state index >= 15 is 0 Å². The Kier molecular flexibility index (Phi) is 3.68. The number of aryl methyl sites for hydroxylation is 2. The first-order valence-corrected chi connectivity index (χ1v) is 6.27. The van der Waals surface area contributed by atoms with Crippen LogP contribution in [0, 0.1) is 13.8 Å². The third-order valence-electron chi connectivity index (χ3n) is 3.44. The molecular weight excluding hydrogens is 230 g/mol. The van der Waals surface area contributed by atoms with Gasteiger partial charge in [0.05, 0.1) is 23.6 Å². The van der Waals surface area contributed by atoms with Gasteiger partial charge in [0.2, 0.25) is 5.91 Å². The number of hydrogen-bond donors (Lipinski definition) is 4. The number of carbonyl (C=O) groups excluding carboxylic acids is 1. The molecule has 0 saturated carbocycles. The summed E-state index contributed by atoms with van der Waals surface area (Å²) in [7, 11) is 0. The number of aromatic nitrogens is 2. The van der Waals surface area contributed by atoms with Crippen LogP contribution in [0.1, 0.15) is 24.7 Å². The summed E-state index contributed by atoms with van der Waals surface area (Å²) < 4.78 is 0.